The molecule has 0 saturated heterocycles. The number of carbonyl (C=O) groups excluding carboxylic acids is 1. The fourth-order valence-corrected chi connectivity index (χ4v) is 2.10. The third kappa shape index (κ3) is 1.26. The van der Waals surface area contributed by atoms with E-state index < -0.39 is 12.0 Å². The summed E-state index contributed by atoms with van der Waals surface area (Å²) in [7, 11) is 0. The van der Waals surface area contributed by atoms with Crippen molar-refractivity contribution < 1.29 is 14.3 Å². The van der Waals surface area contributed by atoms with E-state index in [1.54, 1.807) is 0 Å². The Balaban J connectivity index is 2.06. The Morgan fingerprint density at radius 3 is 3.00 bits per heavy atom. The molecule has 1 aromatic carbocycles. The summed E-state index contributed by atoms with van der Waals surface area (Å²) in [6.45, 7) is 0.589. The molecule has 0 bridgehead atoms. The van der Waals surface area contributed by atoms with Crippen LogP contribution in [0.4, 0.5) is 0 Å². The number of benzene rings is 1. The molecule has 1 amide bonds. The lowest BCUT2D eigenvalue weighted by Crippen LogP contribution is -2.32. The van der Waals surface area contributed by atoms with Crippen molar-refractivity contribution in [1.29, 1.82) is 0 Å². The van der Waals surface area contributed by atoms with Crippen molar-refractivity contribution in [2.75, 3.05) is 6.61 Å². The number of ether oxygens (including phenoxy) is 2. The van der Waals surface area contributed by atoms with Crippen molar-refractivity contribution in [2.24, 2.45) is 5.73 Å². The van der Waals surface area contributed by atoms with Crippen LogP contribution in [0.25, 0.3) is 6.08 Å². The second-order valence-corrected chi connectivity index (χ2v) is 3.88. The minimum atomic E-state index is -0.545. The van der Waals surface area contributed by atoms with Crippen LogP contribution in [0.1, 0.15) is 11.1 Å². The number of carbonyl (C=O) groups is 1. The van der Waals surface area contributed by atoms with Crippen LogP contribution in [0.5, 0.6) is 11.5 Å². The Morgan fingerprint density at radius 1 is 1.38 bits per heavy atom. The number of nitrogens with two attached hydrogens (primary N) is 1. The van der Waals surface area contributed by atoms with Crippen LogP contribution in [0.2, 0.25) is 0 Å². The van der Waals surface area contributed by atoms with Gasteiger partial charge in [0.1, 0.15) is 18.1 Å². The summed E-state index contributed by atoms with van der Waals surface area (Å²) in [5, 5.41) is 0. The van der Waals surface area contributed by atoms with E-state index in [1.807, 2.05) is 24.3 Å². The maximum absolute atomic E-state index is 11.1. The van der Waals surface area contributed by atoms with Crippen molar-refractivity contribution in [2.45, 2.75) is 12.5 Å². The van der Waals surface area contributed by atoms with E-state index in [4.69, 9.17) is 15.2 Å². The number of fused-ring (bicyclic) bond motifs is 3. The zero-order chi connectivity index (χ0) is 11.1. The van der Waals surface area contributed by atoms with Gasteiger partial charge < -0.3 is 15.2 Å². The largest absolute Gasteiger partial charge is 0.489 e. The highest BCUT2D eigenvalue weighted by Crippen LogP contribution is 2.38. The topological polar surface area (TPSA) is 61.6 Å². The van der Waals surface area contributed by atoms with Crippen molar-refractivity contribution in [3.05, 3.63) is 29.3 Å². The van der Waals surface area contributed by atoms with Crippen LogP contribution in [0.15, 0.2) is 18.2 Å². The van der Waals surface area contributed by atoms with E-state index in [-0.39, 0.29) is 0 Å². The molecule has 0 saturated carbocycles. The third-order valence-electron chi connectivity index (χ3n) is 2.87. The highest BCUT2D eigenvalue weighted by atomic mass is 16.5. The molecule has 1 atom stereocenters. The average Bonchev–Trinajstić information content (AvgIpc) is 2.73. The van der Waals surface area contributed by atoms with Gasteiger partial charge in [0, 0.05) is 17.5 Å². The monoisotopic (exact) mass is 217 g/mol. The van der Waals surface area contributed by atoms with Crippen molar-refractivity contribution >= 4 is 12.0 Å². The molecule has 82 valence electrons. The smallest absolute Gasteiger partial charge is 0.258 e. The summed E-state index contributed by atoms with van der Waals surface area (Å²) in [4.78, 5) is 11.1. The van der Waals surface area contributed by atoms with Crippen LogP contribution >= 0.6 is 0 Å². The lowest BCUT2D eigenvalue weighted by atomic mass is 10.0. The minimum Gasteiger partial charge on any atom is -0.489 e. The van der Waals surface area contributed by atoms with Crippen LogP contribution in [-0.2, 0) is 11.2 Å². The highest BCUT2D eigenvalue weighted by molar-refractivity contribution is 5.82. The molecule has 0 fully saturated rings. The van der Waals surface area contributed by atoms with Gasteiger partial charge in [-0.2, -0.15) is 0 Å². The second-order valence-electron chi connectivity index (χ2n) is 3.88. The molecular weight excluding hydrogens is 206 g/mol. The first-order chi connectivity index (χ1) is 7.75. The van der Waals surface area contributed by atoms with Gasteiger partial charge in [0.15, 0.2) is 6.10 Å². The Morgan fingerprint density at radius 2 is 2.19 bits per heavy atom. The average molecular weight is 217 g/mol. The van der Waals surface area contributed by atoms with Crippen LogP contribution in [0, 0.1) is 0 Å². The summed E-state index contributed by atoms with van der Waals surface area (Å²) in [5.41, 5.74) is 7.26. The number of hydrogen-bond donors (Lipinski definition) is 1. The van der Waals surface area contributed by atoms with Crippen LogP contribution in [-0.4, -0.2) is 18.6 Å². The van der Waals surface area contributed by atoms with Crippen LogP contribution in [0.3, 0.4) is 0 Å². The number of hydrogen-bond acceptors (Lipinski definition) is 3. The van der Waals surface area contributed by atoms with Gasteiger partial charge in [-0.25, -0.2) is 0 Å². The molecule has 0 spiro atoms. The molecule has 2 aliphatic heterocycles. The van der Waals surface area contributed by atoms with Gasteiger partial charge in [-0.05, 0) is 18.2 Å². The first kappa shape index (κ1) is 9.27. The lowest BCUT2D eigenvalue weighted by molar-refractivity contribution is -0.123. The summed E-state index contributed by atoms with van der Waals surface area (Å²) in [5.74, 6) is 1.15. The Labute approximate surface area is 92.6 Å². The zero-order valence-electron chi connectivity index (χ0n) is 8.60. The molecule has 2 N–H and O–H groups in total. The van der Waals surface area contributed by atoms with Gasteiger partial charge in [-0.1, -0.05) is 6.08 Å². The molecule has 2 aliphatic rings. The Hall–Kier alpha value is -1.97. The van der Waals surface area contributed by atoms with Crippen LogP contribution < -0.4 is 15.2 Å². The number of amides is 1. The normalized spacial score (nSPS) is 20.6. The summed E-state index contributed by atoms with van der Waals surface area (Å²) >= 11 is 0. The minimum absolute atomic E-state index is 0.425. The fourth-order valence-electron chi connectivity index (χ4n) is 2.10. The molecule has 4 heteroatoms. The van der Waals surface area contributed by atoms with E-state index in [0.29, 0.717) is 13.0 Å². The molecule has 1 unspecified atom stereocenters. The molecule has 3 rings (SSSR count). The SMILES string of the molecule is NC(=O)C1Cc2c(ccc3c2C=CCO3)O1. The summed E-state index contributed by atoms with van der Waals surface area (Å²) in [6.07, 6.45) is 3.93. The van der Waals surface area contributed by atoms with Gasteiger partial charge >= 0.3 is 0 Å². The molecule has 0 radical (unpaired) electrons. The maximum atomic E-state index is 11.1. The molecule has 4 nitrogen and oxygen atoms in total. The van der Waals surface area contributed by atoms with E-state index in [0.717, 1.165) is 22.6 Å². The highest BCUT2D eigenvalue weighted by Gasteiger charge is 2.30. The molecular formula is C12H11NO3. The third-order valence-corrected chi connectivity index (χ3v) is 2.87. The van der Waals surface area contributed by atoms with Crippen molar-refractivity contribution in [3.63, 3.8) is 0 Å². The molecule has 2 heterocycles. The predicted octanol–water partition coefficient (Wildman–Crippen LogP) is 0.881. The first-order valence-corrected chi connectivity index (χ1v) is 5.17. The standard InChI is InChI=1S/C12H11NO3/c13-12(14)11-6-8-7-2-1-5-15-9(7)3-4-10(8)16-11/h1-4,11H,5-6H2,(H2,13,14). The zero-order valence-corrected chi connectivity index (χ0v) is 8.60. The molecule has 16 heavy (non-hydrogen) atoms. The van der Waals surface area contributed by atoms with E-state index in [1.165, 1.54) is 0 Å². The van der Waals surface area contributed by atoms with E-state index >= 15 is 0 Å². The van der Waals surface area contributed by atoms with E-state index in [9.17, 15) is 4.79 Å². The quantitative estimate of drug-likeness (QED) is 0.759. The molecule has 0 aromatic heterocycles. The summed E-state index contributed by atoms with van der Waals surface area (Å²) < 4.78 is 11.0. The van der Waals surface area contributed by atoms with E-state index in [2.05, 4.69) is 0 Å². The Kier molecular flexibility index (Phi) is 1.89. The van der Waals surface area contributed by atoms with Gasteiger partial charge in [-0.15, -0.1) is 0 Å². The number of rotatable bonds is 1. The number of primary amides is 1. The van der Waals surface area contributed by atoms with Gasteiger partial charge in [-0.3, -0.25) is 4.79 Å². The van der Waals surface area contributed by atoms with Gasteiger partial charge in [0.25, 0.3) is 5.91 Å². The molecule has 0 aliphatic carbocycles. The van der Waals surface area contributed by atoms with Gasteiger partial charge in [0.05, 0.1) is 0 Å². The second kappa shape index (κ2) is 3.27. The predicted molar refractivity (Wildman–Crippen MR) is 58.3 cm³/mol. The lowest BCUT2D eigenvalue weighted by Gasteiger charge is -2.14. The first-order valence-electron chi connectivity index (χ1n) is 5.17. The van der Waals surface area contributed by atoms with Crippen molar-refractivity contribution in [3.8, 4) is 11.5 Å². The van der Waals surface area contributed by atoms with Gasteiger partial charge in [0.2, 0.25) is 0 Å². The fraction of sp³-hybridized carbons (Fsp3) is 0.250. The Bertz CT molecular complexity index is 493. The summed E-state index contributed by atoms with van der Waals surface area (Å²) in [6, 6.07) is 3.69. The van der Waals surface area contributed by atoms with Crippen molar-refractivity contribution in [1.82, 2.24) is 0 Å². The maximum Gasteiger partial charge on any atom is 0.258 e. The molecule has 1 aromatic rings.